The number of nitrogens with one attached hydrogen (secondary N) is 1. The fourth-order valence-electron chi connectivity index (χ4n) is 1.54. The lowest BCUT2D eigenvalue weighted by Crippen LogP contribution is -2.46. The van der Waals surface area contributed by atoms with Gasteiger partial charge in [0.05, 0.1) is 6.04 Å². The van der Waals surface area contributed by atoms with E-state index in [9.17, 15) is 4.79 Å². The van der Waals surface area contributed by atoms with Crippen molar-refractivity contribution in [3.05, 3.63) is 0 Å². The molecule has 3 N–H and O–H groups in total. The number of primary amides is 1. The van der Waals surface area contributed by atoms with E-state index in [4.69, 9.17) is 5.73 Å². The molecule has 0 saturated carbocycles. The van der Waals surface area contributed by atoms with E-state index < -0.39 is 0 Å². The molecular formula is C12H28N4O. The van der Waals surface area contributed by atoms with Crippen molar-refractivity contribution in [2.75, 3.05) is 40.8 Å². The first-order valence-corrected chi connectivity index (χ1v) is 6.21. The summed E-state index contributed by atoms with van der Waals surface area (Å²) < 4.78 is 0. The van der Waals surface area contributed by atoms with Crippen molar-refractivity contribution in [2.24, 2.45) is 5.73 Å². The molecule has 0 heterocycles. The molecule has 1 amide bonds. The first kappa shape index (κ1) is 16.4. The van der Waals surface area contributed by atoms with Gasteiger partial charge in [0.25, 0.3) is 0 Å². The smallest absolute Gasteiger partial charge is 0.234 e. The highest BCUT2D eigenvalue weighted by Crippen LogP contribution is 1.97. The molecule has 0 aliphatic heterocycles. The number of nitrogens with two attached hydrogens (primary N) is 1. The molecule has 1 atom stereocenters. The van der Waals surface area contributed by atoms with Gasteiger partial charge in [-0.25, -0.2) is 0 Å². The molecule has 5 nitrogen and oxygen atoms in total. The first-order valence-electron chi connectivity index (χ1n) is 6.21. The topological polar surface area (TPSA) is 61.6 Å². The van der Waals surface area contributed by atoms with Gasteiger partial charge in [-0.05, 0) is 34.1 Å². The van der Waals surface area contributed by atoms with Crippen LogP contribution in [0.15, 0.2) is 0 Å². The Morgan fingerprint density at radius 1 is 1.18 bits per heavy atom. The van der Waals surface area contributed by atoms with E-state index in [2.05, 4.69) is 36.3 Å². The summed E-state index contributed by atoms with van der Waals surface area (Å²) in [5.74, 6) is -0.264. The monoisotopic (exact) mass is 244 g/mol. The molecule has 0 aliphatic rings. The van der Waals surface area contributed by atoms with Crippen LogP contribution in [0, 0.1) is 0 Å². The third kappa shape index (κ3) is 9.09. The predicted octanol–water partition coefficient (Wildman–Crippen LogP) is -0.278. The van der Waals surface area contributed by atoms with E-state index in [0.717, 1.165) is 26.1 Å². The molecule has 5 heteroatoms. The van der Waals surface area contributed by atoms with Crippen molar-refractivity contribution < 1.29 is 4.79 Å². The van der Waals surface area contributed by atoms with Crippen LogP contribution in [0.1, 0.15) is 20.3 Å². The predicted molar refractivity (Wildman–Crippen MR) is 71.9 cm³/mol. The van der Waals surface area contributed by atoms with Crippen molar-refractivity contribution in [3.63, 3.8) is 0 Å². The highest BCUT2D eigenvalue weighted by Gasteiger charge is 2.16. The quantitative estimate of drug-likeness (QED) is 0.586. The number of hydrogen-bond acceptors (Lipinski definition) is 4. The normalized spacial score (nSPS) is 13.6. The van der Waals surface area contributed by atoms with Gasteiger partial charge in [-0.2, -0.15) is 0 Å². The summed E-state index contributed by atoms with van der Waals surface area (Å²) >= 11 is 0. The molecule has 0 aromatic carbocycles. The number of nitrogens with zero attached hydrogens (tertiary/aromatic N) is 2. The molecule has 0 aromatic rings. The van der Waals surface area contributed by atoms with Crippen molar-refractivity contribution in [2.45, 2.75) is 32.4 Å². The average molecular weight is 244 g/mol. The molecule has 0 aromatic heterocycles. The average Bonchev–Trinajstić information content (AvgIpc) is 2.20. The Bertz CT molecular complexity index is 219. The van der Waals surface area contributed by atoms with Gasteiger partial charge in [0.15, 0.2) is 0 Å². The molecule has 0 spiro atoms. The first-order chi connectivity index (χ1) is 7.82. The molecule has 1 unspecified atom stereocenters. The molecular weight excluding hydrogens is 216 g/mol. The molecule has 0 fully saturated rings. The molecule has 0 saturated heterocycles. The van der Waals surface area contributed by atoms with E-state index in [1.54, 1.807) is 0 Å². The lowest BCUT2D eigenvalue weighted by atomic mass is 10.1. The maximum Gasteiger partial charge on any atom is 0.234 e. The maximum atomic E-state index is 11.2. The van der Waals surface area contributed by atoms with Crippen LogP contribution in [0.3, 0.4) is 0 Å². The number of amides is 1. The zero-order valence-corrected chi connectivity index (χ0v) is 11.9. The van der Waals surface area contributed by atoms with E-state index >= 15 is 0 Å². The van der Waals surface area contributed by atoms with Crippen molar-refractivity contribution in [1.29, 1.82) is 0 Å². The highest BCUT2D eigenvalue weighted by atomic mass is 16.1. The van der Waals surface area contributed by atoms with E-state index in [-0.39, 0.29) is 18.0 Å². The molecule has 0 aliphatic carbocycles. The largest absolute Gasteiger partial charge is 0.368 e. The standard InChI is InChI=1S/C12H28N4O/c1-10(2)14-11(12(13)17)6-7-16(5)9-8-15(3)4/h10-11,14H,6-9H2,1-5H3,(H2,13,17). The van der Waals surface area contributed by atoms with Crippen LogP contribution in [0.25, 0.3) is 0 Å². The maximum absolute atomic E-state index is 11.2. The van der Waals surface area contributed by atoms with Gasteiger partial charge >= 0.3 is 0 Å². The Morgan fingerprint density at radius 3 is 2.18 bits per heavy atom. The SMILES string of the molecule is CC(C)NC(CCN(C)CCN(C)C)C(N)=O. The fraction of sp³-hybridized carbons (Fsp3) is 0.917. The summed E-state index contributed by atoms with van der Waals surface area (Å²) in [7, 11) is 6.18. The van der Waals surface area contributed by atoms with Crippen molar-refractivity contribution in [3.8, 4) is 0 Å². The van der Waals surface area contributed by atoms with Crippen molar-refractivity contribution >= 4 is 5.91 Å². The zero-order chi connectivity index (χ0) is 13.4. The lowest BCUT2D eigenvalue weighted by Gasteiger charge is -2.23. The molecule has 102 valence electrons. The molecule has 0 radical (unpaired) electrons. The Morgan fingerprint density at radius 2 is 1.76 bits per heavy atom. The summed E-state index contributed by atoms with van der Waals surface area (Å²) in [5, 5.41) is 3.19. The van der Waals surface area contributed by atoms with E-state index in [0.29, 0.717) is 0 Å². The number of carbonyl (C=O) groups excluding carboxylic acids is 1. The van der Waals surface area contributed by atoms with Gasteiger partial charge in [0.2, 0.25) is 5.91 Å². The third-order valence-corrected chi connectivity index (χ3v) is 2.61. The van der Waals surface area contributed by atoms with Crippen LogP contribution in [0.2, 0.25) is 0 Å². The number of likely N-dealkylation sites (N-methyl/N-ethyl adjacent to an activating group) is 2. The number of carbonyl (C=O) groups is 1. The van der Waals surface area contributed by atoms with E-state index in [1.807, 2.05) is 13.8 Å². The number of rotatable bonds is 9. The van der Waals surface area contributed by atoms with Gasteiger partial charge in [-0.1, -0.05) is 13.8 Å². The minimum Gasteiger partial charge on any atom is -0.368 e. The number of hydrogen-bond donors (Lipinski definition) is 2. The lowest BCUT2D eigenvalue weighted by molar-refractivity contribution is -0.120. The summed E-state index contributed by atoms with van der Waals surface area (Å²) in [6, 6.07) is 0.0522. The summed E-state index contributed by atoms with van der Waals surface area (Å²) in [6.45, 7) is 6.94. The van der Waals surface area contributed by atoms with Gasteiger partial charge in [-0.3, -0.25) is 4.79 Å². The van der Waals surface area contributed by atoms with Crippen LogP contribution in [-0.2, 0) is 4.79 Å². The van der Waals surface area contributed by atoms with Crippen LogP contribution in [0.5, 0.6) is 0 Å². The Hall–Kier alpha value is -0.650. The highest BCUT2D eigenvalue weighted by molar-refractivity contribution is 5.79. The van der Waals surface area contributed by atoms with Gasteiger partial charge in [0.1, 0.15) is 0 Å². The Kier molecular flexibility index (Phi) is 8.12. The second kappa shape index (κ2) is 8.44. The van der Waals surface area contributed by atoms with Crippen LogP contribution in [-0.4, -0.2) is 68.6 Å². The molecule has 17 heavy (non-hydrogen) atoms. The van der Waals surface area contributed by atoms with Crippen LogP contribution in [0.4, 0.5) is 0 Å². The zero-order valence-electron chi connectivity index (χ0n) is 11.9. The molecule has 0 rings (SSSR count). The second-order valence-corrected chi connectivity index (χ2v) is 5.17. The van der Waals surface area contributed by atoms with Crippen molar-refractivity contribution in [1.82, 2.24) is 15.1 Å². The summed E-state index contributed by atoms with van der Waals surface area (Å²) in [6.07, 6.45) is 0.761. The Labute approximate surface area is 105 Å². The fourth-order valence-corrected chi connectivity index (χ4v) is 1.54. The minimum absolute atomic E-state index is 0.225. The Balaban J connectivity index is 3.91. The second-order valence-electron chi connectivity index (χ2n) is 5.17. The van der Waals surface area contributed by atoms with Gasteiger partial charge in [0, 0.05) is 19.1 Å². The van der Waals surface area contributed by atoms with Crippen LogP contribution < -0.4 is 11.1 Å². The van der Waals surface area contributed by atoms with Crippen LogP contribution >= 0.6 is 0 Å². The van der Waals surface area contributed by atoms with E-state index in [1.165, 1.54) is 0 Å². The summed E-state index contributed by atoms with van der Waals surface area (Å²) in [4.78, 5) is 15.6. The molecule has 0 bridgehead atoms. The van der Waals surface area contributed by atoms with Gasteiger partial charge in [-0.15, -0.1) is 0 Å². The third-order valence-electron chi connectivity index (χ3n) is 2.61. The summed E-state index contributed by atoms with van der Waals surface area (Å²) in [5.41, 5.74) is 5.37. The van der Waals surface area contributed by atoms with Gasteiger partial charge < -0.3 is 20.9 Å². The minimum atomic E-state index is -0.264.